The van der Waals surface area contributed by atoms with E-state index in [2.05, 4.69) is 0 Å². The fourth-order valence-electron chi connectivity index (χ4n) is 2.87. The van der Waals surface area contributed by atoms with Gasteiger partial charge in [0.25, 0.3) is 0 Å². The molecule has 0 amide bonds. The molecule has 0 radical (unpaired) electrons. The summed E-state index contributed by atoms with van der Waals surface area (Å²) in [6, 6.07) is 3.83. The second-order valence-corrected chi connectivity index (χ2v) is 6.93. The molecule has 0 fully saturated rings. The summed E-state index contributed by atoms with van der Waals surface area (Å²) in [5, 5.41) is 20.7. The number of hydrogen-bond donors (Lipinski definition) is 2. The van der Waals surface area contributed by atoms with Crippen LogP contribution in [0.5, 0.6) is 0 Å². The molecule has 2 rings (SSSR count). The minimum Gasteiger partial charge on any atom is -0.472 e. The number of aliphatic hydroxyl groups excluding tert-OH is 1. The third-order valence-corrected chi connectivity index (χ3v) is 4.18. The molecular weight excluding hydrogens is 316 g/mol. The maximum atomic E-state index is 10.5. The van der Waals surface area contributed by atoms with Gasteiger partial charge in [0, 0.05) is 12.0 Å². The third-order valence-electron chi connectivity index (χ3n) is 4.18. The Morgan fingerprint density at radius 2 is 2.00 bits per heavy atom. The first-order valence-electron chi connectivity index (χ1n) is 8.72. The van der Waals surface area contributed by atoms with Gasteiger partial charge in [-0.15, -0.1) is 0 Å². The molecule has 2 aromatic heterocycles. The Kier molecular flexibility index (Phi) is 7.29. The molecule has 25 heavy (non-hydrogen) atoms. The van der Waals surface area contributed by atoms with E-state index in [1.807, 2.05) is 37.3 Å². The van der Waals surface area contributed by atoms with E-state index in [1.165, 1.54) is 0 Å². The molecule has 0 saturated carbocycles. The summed E-state index contributed by atoms with van der Waals surface area (Å²) in [5.74, 6) is 0. The highest BCUT2D eigenvalue weighted by Crippen LogP contribution is 2.22. The van der Waals surface area contributed by atoms with Gasteiger partial charge in [0.05, 0.1) is 36.8 Å². The van der Waals surface area contributed by atoms with Crippen molar-refractivity contribution in [1.82, 2.24) is 0 Å². The zero-order chi connectivity index (χ0) is 18.1. The largest absolute Gasteiger partial charge is 0.472 e. The minimum atomic E-state index is -0.882. The van der Waals surface area contributed by atoms with E-state index < -0.39 is 11.7 Å². The summed E-state index contributed by atoms with van der Waals surface area (Å²) in [7, 11) is 0. The Morgan fingerprint density at radius 1 is 1.24 bits per heavy atom. The lowest BCUT2D eigenvalue weighted by Crippen LogP contribution is -2.29. The highest BCUT2D eigenvalue weighted by Gasteiger charge is 2.23. The van der Waals surface area contributed by atoms with Gasteiger partial charge in [-0.05, 0) is 57.2 Å². The van der Waals surface area contributed by atoms with Gasteiger partial charge in [-0.3, -0.25) is 0 Å². The van der Waals surface area contributed by atoms with Gasteiger partial charge in [0.1, 0.15) is 0 Å². The topological polar surface area (TPSA) is 66.7 Å². The monoisotopic (exact) mass is 344 g/mol. The fourth-order valence-corrected chi connectivity index (χ4v) is 2.87. The van der Waals surface area contributed by atoms with E-state index in [1.54, 1.807) is 32.0 Å². The number of aliphatic hydroxyl groups is 2. The van der Waals surface area contributed by atoms with Crippen LogP contribution in [0.25, 0.3) is 6.08 Å². The minimum absolute atomic E-state index is 0.334. The maximum absolute atomic E-state index is 10.5. The molecule has 0 bridgehead atoms. The molecule has 0 aliphatic heterocycles. The van der Waals surface area contributed by atoms with Gasteiger partial charge in [0.2, 0.25) is 0 Å². The SMILES string of the molecule is C/C(=C\C(O)CC(C)(O)CCCc1ccoc1)C/C=C/c1ccoc1. The Bertz CT molecular complexity index is 648. The van der Waals surface area contributed by atoms with E-state index in [0.29, 0.717) is 12.8 Å². The van der Waals surface area contributed by atoms with Crippen LogP contribution >= 0.6 is 0 Å². The van der Waals surface area contributed by atoms with Crippen LogP contribution < -0.4 is 0 Å². The normalized spacial score (nSPS) is 16.2. The number of rotatable bonds is 10. The molecule has 0 aliphatic carbocycles. The highest BCUT2D eigenvalue weighted by atomic mass is 16.3. The predicted molar refractivity (Wildman–Crippen MR) is 99.0 cm³/mol. The van der Waals surface area contributed by atoms with Gasteiger partial charge < -0.3 is 19.0 Å². The summed E-state index contributed by atoms with van der Waals surface area (Å²) >= 11 is 0. The summed E-state index contributed by atoms with van der Waals surface area (Å²) < 4.78 is 10.0. The molecule has 2 atom stereocenters. The lowest BCUT2D eigenvalue weighted by Gasteiger charge is -2.25. The lowest BCUT2D eigenvalue weighted by molar-refractivity contribution is 0.00815. The van der Waals surface area contributed by atoms with Gasteiger partial charge in [-0.2, -0.15) is 0 Å². The third kappa shape index (κ3) is 7.59. The molecule has 2 unspecified atom stereocenters. The summed E-state index contributed by atoms with van der Waals surface area (Å²) in [6.45, 7) is 3.77. The van der Waals surface area contributed by atoms with Crippen LogP contribution in [0.2, 0.25) is 0 Å². The lowest BCUT2D eigenvalue weighted by atomic mass is 9.91. The molecule has 4 nitrogen and oxygen atoms in total. The highest BCUT2D eigenvalue weighted by molar-refractivity contribution is 5.47. The van der Waals surface area contributed by atoms with Crippen molar-refractivity contribution in [2.75, 3.05) is 0 Å². The number of hydrogen-bond acceptors (Lipinski definition) is 4. The van der Waals surface area contributed by atoms with E-state index >= 15 is 0 Å². The van der Waals surface area contributed by atoms with Crippen molar-refractivity contribution in [2.45, 2.75) is 57.7 Å². The van der Waals surface area contributed by atoms with Crippen molar-refractivity contribution in [1.29, 1.82) is 0 Å². The number of furan rings is 2. The first kappa shape index (κ1) is 19.3. The molecule has 2 heterocycles. The maximum Gasteiger partial charge on any atom is 0.0974 e. The van der Waals surface area contributed by atoms with Crippen molar-refractivity contribution < 1.29 is 19.0 Å². The van der Waals surface area contributed by atoms with Gasteiger partial charge in [-0.1, -0.05) is 23.8 Å². The molecule has 4 heteroatoms. The smallest absolute Gasteiger partial charge is 0.0974 e. The zero-order valence-electron chi connectivity index (χ0n) is 15.0. The van der Waals surface area contributed by atoms with Crippen molar-refractivity contribution in [2.24, 2.45) is 0 Å². The molecule has 2 N–H and O–H groups in total. The molecular formula is C21H28O4. The first-order chi connectivity index (χ1) is 11.9. The predicted octanol–water partition coefficient (Wildman–Crippen LogP) is 4.75. The van der Waals surface area contributed by atoms with E-state index in [9.17, 15) is 10.2 Å². The van der Waals surface area contributed by atoms with Crippen LogP contribution in [-0.2, 0) is 6.42 Å². The van der Waals surface area contributed by atoms with Crippen LogP contribution in [0, 0.1) is 0 Å². The molecule has 0 aliphatic rings. The molecule has 0 spiro atoms. The summed E-state index contributed by atoms with van der Waals surface area (Å²) in [5.41, 5.74) is 2.35. The van der Waals surface area contributed by atoms with Gasteiger partial charge in [-0.25, -0.2) is 0 Å². The zero-order valence-corrected chi connectivity index (χ0v) is 15.0. The first-order valence-corrected chi connectivity index (χ1v) is 8.72. The van der Waals surface area contributed by atoms with Crippen LogP contribution in [0.1, 0.15) is 50.7 Å². The van der Waals surface area contributed by atoms with Crippen molar-refractivity contribution in [3.05, 3.63) is 66.0 Å². The van der Waals surface area contributed by atoms with Crippen molar-refractivity contribution in [3.63, 3.8) is 0 Å². The van der Waals surface area contributed by atoms with Crippen LogP contribution in [0.4, 0.5) is 0 Å². The van der Waals surface area contributed by atoms with Crippen LogP contribution in [0.3, 0.4) is 0 Å². The fraction of sp³-hybridized carbons (Fsp3) is 0.429. The molecule has 0 saturated heterocycles. The standard InChI is InChI=1S/C21H28O4/c1-17(5-3-6-18-8-11-24-15-18)13-20(22)14-21(2,23)10-4-7-19-9-12-25-16-19/h3,6,8-9,11-13,15-16,20,22-23H,4-5,7,10,14H2,1-2H3/b6-3+,17-13+. The Morgan fingerprint density at radius 3 is 2.68 bits per heavy atom. The van der Waals surface area contributed by atoms with E-state index in [4.69, 9.17) is 8.83 Å². The van der Waals surface area contributed by atoms with E-state index in [0.717, 1.165) is 36.0 Å². The Hall–Kier alpha value is -2.04. The average Bonchev–Trinajstić information content (AvgIpc) is 3.19. The quantitative estimate of drug-likeness (QED) is 0.611. The number of allylic oxidation sites excluding steroid dienone is 2. The van der Waals surface area contributed by atoms with Crippen molar-refractivity contribution in [3.8, 4) is 0 Å². The van der Waals surface area contributed by atoms with E-state index in [-0.39, 0.29) is 0 Å². The number of aryl methyl sites for hydroxylation is 1. The summed E-state index contributed by atoms with van der Waals surface area (Å²) in [4.78, 5) is 0. The molecule has 0 aromatic carbocycles. The molecule has 2 aromatic rings. The van der Waals surface area contributed by atoms with Gasteiger partial charge >= 0.3 is 0 Å². The van der Waals surface area contributed by atoms with Crippen molar-refractivity contribution >= 4 is 6.08 Å². The Balaban J connectivity index is 1.73. The average molecular weight is 344 g/mol. The summed E-state index contributed by atoms with van der Waals surface area (Å²) in [6.07, 6.45) is 15.4. The van der Waals surface area contributed by atoms with Gasteiger partial charge in [0.15, 0.2) is 0 Å². The van der Waals surface area contributed by atoms with Crippen LogP contribution in [-0.4, -0.2) is 21.9 Å². The van der Waals surface area contributed by atoms with Crippen LogP contribution in [0.15, 0.2) is 63.7 Å². The second-order valence-electron chi connectivity index (χ2n) is 6.93. The molecule has 136 valence electrons. The Labute approximate surface area is 149 Å². The second kappa shape index (κ2) is 9.44.